The van der Waals surface area contributed by atoms with E-state index in [2.05, 4.69) is 9.96 Å². The third kappa shape index (κ3) is 5.65. The molecule has 1 aliphatic rings. The Morgan fingerprint density at radius 2 is 1.45 bits per heavy atom. The molecule has 2 heterocycles. The van der Waals surface area contributed by atoms with Crippen LogP contribution in [0, 0.1) is 6.92 Å². The Balaban J connectivity index is 1.57. The molecular formula is C32H34N2O7Te. The zero-order chi connectivity index (χ0) is 29.9. The summed E-state index contributed by atoms with van der Waals surface area (Å²) < 4.78 is 25.3. The van der Waals surface area contributed by atoms with Gasteiger partial charge in [-0.05, 0) is 0 Å². The Bertz CT molecular complexity index is 1560. The van der Waals surface area contributed by atoms with E-state index in [4.69, 9.17) is 18.9 Å². The maximum atomic E-state index is 12.7. The zero-order valence-electron chi connectivity index (χ0n) is 23.9. The van der Waals surface area contributed by atoms with Crippen LogP contribution in [-0.2, 0) is 15.1 Å². The Morgan fingerprint density at radius 1 is 0.905 bits per heavy atom. The molecule has 2 unspecified atom stereocenters. The van der Waals surface area contributed by atoms with Crippen LogP contribution in [0.15, 0.2) is 94.6 Å². The third-order valence-electron chi connectivity index (χ3n) is 7.64. The number of methoxy groups -OCH3 is 2. The monoisotopic (exact) mass is 688 g/mol. The van der Waals surface area contributed by atoms with Gasteiger partial charge in [-0.25, -0.2) is 0 Å². The fraction of sp³-hybridized carbons (Fsp3) is 0.312. The van der Waals surface area contributed by atoms with Gasteiger partial charge in [0.05, 0.1) is 0 Å². The number of aliphatic hydroxyl groups is 1. The number of nitrogens with zero attached hydrogens (tertiary/aromatic N) is 1. The van der Waals surface area contributed by atoms with E-state index in [0.717, 1.165) is 16.7 Å². The quantitative estimate of drug-likeness (QED) is 0.194. The fourth-order valence-corrected chi connectivity index (χ4v) is 7.91. The van der Waals surface area contributed by atoms with Crippen molar-refractivity contribution < 1.29 is 24.1 Å². The van der Waals surface area contributed by atoms with E-state index >= 15 is 0 Å². The van der Waals surface area contributed by atoms with Crippen molar-refractivity contribution in [2.45, 2.75) is 39.9 Å². The van der Waals surface area contributed by atoms with Gasteiger partial charge in [0.15, 0.2) is 0 Å². The van der Waals surface area contributed by atoms with Gasteiger partial charge in [0.1, 0.15) is 0 Å². The molecule has 3 aromatic carbocycles. The van der Waals surface area contributed by atoms with Crippen molar-refractivity contribution in [3.63, 3.8) is 0 Å². The van der Waals surface area contributed by atoms with Crippen LogP contribution in [0.25, 0.3) is 0 Å². The van der Waals surface area contributed by atoms with Crippen molar-refractivity contribution in [3.8, 4) is 11.5 Å². The van der Waals surface area contributed by atoms with Crippen LogP contribution in [0.5, 0.6) is 11.5 Å². The first kappa shape index (κ1) is 30.1. The SMILES string of the molecule is COc1ccc(C(OC[C@@H]2O[C@H](n3cc(C)c(=O)[nH]c3=O)C([Te]C)C2O)(c2ccccc2)c2ccc(OC)cc2)cc1. The van der Waals surface area contributed by atoms with Gasteiger partial charge in [-0.2, -0.15) is 0 Å². The number of H-pyrrole nitrogens is 1. The summed E-state index contributed by atoms with van der Waals surface area (Å²) in [5.74, 6) is 1.43. The Kier molecular flexibility index (Phi) is 9.21. The van der Waals surface area contributed by atoms with Gasteiger partial charge in [-0.3, -0.25) is 0 Å². The molecule has 4 aromatic rings. The van der Waals surface area contributed by atoms with Crippen molar-refractivity contribution in [2.24, 2.45) is 0 Å². The van der Waals surface area contributed by atoms with Gasteiger partial charge in [0.25, 0.3) is 0 Å². The van der Waals surface area contributed by atoms with Gasteiger partial charge < -0.3 is 0 Å². The first-order chi connectivity index (χ1) is 20.3. The summed E-state index contributed by atoms with van der Waals surface area (Å²) in [4.78, 5) is 29.1. The number of aromatic amines is 1. The normalized spacial score (nSPS) is 20.4. The minimum absolute atomic E-state index is 0.0329. The summed E-state index contributed by atoms with van der Waals surface area (Å²) in [6, 6.07) is 25.3. The molecule has 1 fully saturated rings. The van der Waals surface area contributed by atoms with Crippen molar-refractivity contribution in [1.82, 2.24) is 9.55 Å². The molecule has 0 amide bonds. The summed E-state index contributed by atoms with van der Waals surface area (Å²) >= 11 is -0.757. The van der Waals surface area contributed by atoms with Gasteiger partial charge in [0.2, 0.25) is 0 Å². The van der Waals surface area contributed by atoms with Crippen LogP contribution in [0.1, 0.15) is 28.5 Å². The van der Waals surface area contributed by atoms with E-state index in [-0.39, 0.29) is 10.6 Å². The van der Waals surface area contributed by atoms with Crippen molar-refractivity contribution in [2.75, 3.05) is 20.8 Å². The second-order valence-electron chi connectivity index (χ2n) is 10.0. The van der Waals surface area contributed by atoms with E-state index in [1.807, 2.05) is 78.9 Å². The molecule has 220 valence electrons. The molecule has 2 N–H and O–H groups in total. The first-order valence-corrected chi connectivity index (χ1v) is 17.2. The molecule has 0 radical (unpaired) electrons. The molecule has 0 bridgehead atoms. The summed E-state index contributed by atoms with van der Waals surface area (Å²) in [7, 11) is 3.24. The van der Waals surface area contributed by atoms with Gasteiger partial charge in [-0.1, -0.05) is 0 Å². The molecule has 0 saturated carbocycles. The van der Waals surface area contributed by atoms with Gasteiger partial charge in [-0.15, -0.1) is 0 Å². The first-order valence-electron chi connectivity index (χ1n) is 13.5. The number of aromatic nitrogens is 2. The van der Waals surface area contributed by atoms with E-state index in [9.17, 15) is 14.7 Å². The van der Waals surface area contributed by atoms with Crippen LogP contribution in [0.3, 0.4) is 0 Å². The second-order valence-corrected chi connectivity index (χ2v) is 12.9. The predicted octanol–water partition coefficient (Wildman–Crippen LogP) is 3.67. The topological polar surface area (TPSA) is 112 Å². The number of nitrogens with one attached hydrogen (secondary N) is 1. The average molecular weight is 686 g/mol. The van der Waals surface area contributed by atoms with Crippen molar-refractivity contribution >= 4 is 20.9 Å². The molecule has 5 rings (SSSR count). The van der Waals surface area contributed by atoms with Crippen LogP contribution in [0.4, 0.5) is 0 Å². The molecule has 1 aromatic heterocycles. The van der Waals surface area contributed by atoms with E-state index < -0.39 is 56.2 Å². The maximum absolute atomic E-state index is 12.7. The molecule has 0 aliphatic carbocycles. The Hall–Kier alpha value is -3.39. The molecule has 10 heteroatoms. The second kappa shape index (κ2) is 12.9. The molecule has 4 atom stereocenters. The molecule has 1 aliphatic heterocycles. The molecule has 42 heavy (non-hydrogen) atoms. The van der Waals surface area contributed by atoms with Gasteiger partial charge in [0, 0.05) is 0 Å². The van der Waals surface area contributed by atoms with Crippen LogP contribution >= 0.6 is 0 Å². The number of aryl methyl sites for hydroxylation is 1. The van der Waals surface area contributed by atoms with E-state index in [1.165, 1.54) is 10.8 Å². The number of rotatable bonds is 10. The number of aliphatic hydroxyl groups excluding tert-OH is 1. The fourth-order valence-electron chi connectivity index (χ4n) is 5.39. The predicted molar refractivity (Wildman–Crippen MR) is 160 cm³/mol. The van der Waals surface area contributed by atoms with E-state index in [1.54, 1.807) is 21.1 Å². The summed E-state index contributed by atoms with van der Waals surface area (Å²) in [5, 5.41) is 11.4. The Morgan fingerprint density at radius 3 is 1.98 bits per heavy atom. The molecule has 0 spiro atoms. The number of hydrogen-bond acceptors (Lipinski definition) is 7. The van der Waals surface area contributed by atoms with Crippen LogP contribution in [0.2, 0.25) is 8.94 Å². The molecular weight excluding hydrogens is 652 g/mol. The van der Waals surface area contributed by atoms with Crippen LogP contribution < -0.4 is 20.7 Å². The third-order valence-corrected chi connectivity index (χ3v) is 10.7. The van der Waals surface area contributed by atoms with E-state index in [0.29, 0.717) is 17.1 Å². The number of benzene rings is 3. The summed E-state index contributed by atoms with van der Waals surface area (Å²) in [6.45, 7) is 1.67. The minimum atomic E-state index is -1.08. The van der Waals surface area contributed by atoms with Crippen LogP contribution in [-0.4, -0.2) is 68.6 Å². The van der Waals surface area contributed by atoms with Crippen molar-refractivity contribution in [1.29, 1.82) is 0 Å². The summed E-state index contributed by atoms with van der Waals surface area (Å²) in [6.07, 6.45) is -0.789. The number of ether oxygens (including phenoxy) is 4. The van der Waals surface area contributed by atoms with Crippen molar-refractivity contribution in [3.05, 3.63) is 128 Å². The standard InChI is InChI=1S/C32H34N2O7Te/c1-20-18-34(31(37)33-29(20)36)30-28(42-4)27(35)26(41-30)19-40-32(21-8-6-5-7-9-21,22-10-14-24(38-2)15-11-22)23-12-16-25(39-3)17-13-23/h5-18,26-28,30,35H,19H2,1-4H3,(H,33,36,37)/t26-,27?,28?,30-/m0/s1. The van der Waals surface area contributed by atoms with Gasteiger partial charge >= 0.3 is 255 Å². The average Bonchev–Trinajstić information content (AvgIpc) is 3.34. The molecule has 1 saturated heterocycles. The number of hydrogen-bond donors (Lipinski definition) is 2. The Labute approximate surface area is 254 Å². The summed E-state index contributed by atoms with van der Waals surface area (Å²) in [5.41, 5.74) is 0.915. The molecule has 9 nitrogen and oxygen atoms in total. The zero-order valence-corrected chi connectivity index (χ0v) is 26.2.